The third-order valence-electron chi connectivity index (χ3n) is 2.66. The number of rotatable bonds is 4. The lowest BCUT2D eigenvalue weighted by atomic mass is 10.1. The van der Waals surface area contributed by atoms with Crippen LogP contribution in [0.2, 0.25) is 0 Å². The molecule has 2 rings (SSSR count). The maximum atomic E-state index is 11.2. The first-order valence-corrected chi connectivity index (χ1v) is 6.77. The van der Waals surface area contributed by atoms with Gasteiger partial charge in [0, 0.05) is 16.6 Å². The van der Waals surface area contributed by atoms with E-state index in [0.717, 1.165) is 22.1 Å². The van der Waals surface area contributed by atoms with Gasteiger partial charge in [0.1, 0.15) is 0 Å². The molecule has 0 amide bonds. The highest BCUT2D eigenvalue weighted by Crippen LogP contribution is 2.24. The monoisotopic (exact) mass is 260 g/mol. The minimum absolute atomic E-state index is 0.0814. The van der Waals surface area contributed by atoms with Crippen molar-refractivity contribution in [3.63, 3.8) is 0 Å². The number of anilines is 2. The molecular formula is C14H16N2OS. The van der Waals surface area contributed by atoms with Gasteiger partial charge in [0.15, 0.2) is 10.9 Å². The zero-order valence-electron chi connectivity index (χ0n) is 10.7. The van der Waals surface area contributed by atoms with Crippen molar-refractivity contribution in [3.8, 4) is 0 Å². The van der Waals surface area contributed by atoms with Crippen LogP contribution in [0.25, 0.3) is 0 Å². The number of hydrogen-bond donors (Lipinski definition) is 1. The Bertz CT molecular complexity index is 543. The van der Waals surface area contributed by atoms with Gasteiger partial charge in [0.2, 0.25) is 0 Å². The molecule has 1 heterocycles. The molecule has 94 valence electrons. The fourth-order valence-electron chi connectivity index (χ4n) is 1.52. The van der Waals surface area contributed by atoms with Gasteiger partial charge in [0.05, 0.1) is 5.69 Å². The van der Waals surface area contributed by atoms with Crippen molar-refractivity contribution in [2.45, 2.75) is 26.7 Å². The van der Waals surface area contributed by atoms with E-state index >= 15 is 0 Å². The normalized spacial score (nSPS) is 10.7. The van der Waals surface area contributed by atoms with Crippen LogP contribution in [0.1, 0.15) is 42.7 Å². The van der Waals surface area contributed by atoms with Crippen LogP contribution < -0.4 is 5.32 Å². The maximum absolute atomic E-state index is 11.2. The molecule has 18 heavy (non-hydrogen) atoms. The fraction of sp³-hybridized carbons (Fsp3) is 0.286. The van der Waals surface area contributed by atoms with Gasteiger partial charge >= 0.3 is 0 Å². The van der Waals surface area contributed by atoms with E-state index in [1.807, 2.05) is 24.3 Å². The van der Waals surface area contributed by atoms with Gasteiger partial charge in [-0.1, -0.05) is 13.8 Å². The van der Waals surface area contributed by atoms with Crippen LogP contribution in [0, 0.1) is 0 Å². The zero-order valence-corrected chi connectivity index (χ0v) is 11.5. The summed E-state index contributed by atoms with van der Waals surface area (Å²) in [5, 5.41) is 6.19. The number of benzene rings is 1. The average Bonchev–Trinajstić information content (AvgIpc) is 2.78. The topological polar surface area (TPSA) is 42.0 Å². The summed E-state index contributed by atoms with van der Waals surface area (Å²) >= 11 is 1.59. The lowest BCUT2D eigenvalue weighted by molar-refractivity contribution is 0.101. The van der Waals surface area contributed by atoms with E-state index in [-0.39, 0.29) is 5.78 Å². The van der Waals surface area contributed by atoms with E-state index in [4.69, 9.17) is 0 Å². The molecule has 0 unspecified atom stereocenters. The Labute approximate surface area is 111 Å². The molecule has 0 aliphatic rings. The van der Waals surface area contributed by atoms with Crippen LogP contribution in [-0.4, -0.2) is 10.8 Å². The summed E-state index contributed by atoms with van der Waals surface area (Å²) in [6.07, 6.45) is 0. The van der Waals surface area contributed by atoms with Gasteiger partial charge in [-0.25, -0.2) is 4.98 Å². The molecule has 3 nitrogen and oxygen atoms in total. The number of carbonyl (C=O) groups is 1. The maximum Gasteiger partial charge on any atom is 0.187 e. The summed E-state index contributed by atoms with van der Waals surface area (Å²) in [5.41, 5.74) is 2.77. The Kier molecular flexibility index (Phi) is 3.77. The highest BCUT2D eigenvalue weighted by molar-refractivity contribution is 7.13. The Morgan fingerprint density at radius 2 is 1.94 bits per heavy atom. The Balaban J connectivity index is 2.10. The largest absolute Gasteiger partial charge is 0.332 e. The Morgan fingerprint density at radius 1 is 1.28 bits per heavy atom. The lowest BCUT2D eigenvalue weighted by Crippen LogP contribution is -1.94. The van der Waals surface area contributed by atoms with Crippen molar-refractivity contribution in [3.05, 3.63) is 40.9 Å². The van der Waals surface area contributed by atoms with Gasteiger partial charge in [-0.2, -0.15) is 0 Å². The number of hydrogen-bond acceptors (Lipinski definition) is 4. The first kappa shape index (κ1) is 12.8. The highest BCUT2D eigenvalue weighted by Gasteiger charge is 2.06. The number of Topliss-reactive ketones (excluding diaryl/α,β-unsaturated/α-hetero) is 1. The van der Waals surface area contributed by atoms with Crippen LogP contribution >= 0.6 is 11.3 Å². The second kappa shape index (κ2) is 5.31. The summed E-state index contributed by atoms with van der Waals surface area (Å²) in [4.78, 5) is 15.7. The molecule has 0 atom stereocenters. The van der Waals surface area contributed by atoms with Gasteiger partial charge in [-0.05, 0) is 37.1 Å². The summed E-state index contributed by atoms with van der Waals surface area (Å²) in [7, 11) is 0. The molecule has 1 aromatic carbocycles. The highest BCUT2D eigenvalue weighted by atomic mass is 32.1. The average molecular weight is 260 g/mol. The molecule has 0 saturated heterocycles. The van der Waals surface area contributed by atoms with E-state index in [1.165, 1.54) is 0 Å². The predicted octanol–water partition coefficient (Wildman–Crippen LogP) is 4.21. The zero-order chi connectivity index (χ0) is 13.1. The van der Waals surface area contributed by atoms with Crippen LogP contribution in [-0.2, 0) is 0 Å². The third-order valence-corrected chi connectivity index (χ3v) is 3.43. The Morgan fingerprint density at radius 3 is 2.44 bits per heavy atom. The molecular weight excluding hydrogens is 244 g/mol. The smallest absolute Gasteiger partial charge is 0.187 e. The SMILES string of the molecule is CC(=O)c1ccc(Nc2nc(C(C)C)cs2)cc1. The summed E-state index contributed by atoms with van der Waals surface area (Å²) in [5.74, 6) is 0.523. The number of ketones is 1. The van der Waals surface area contributed by atoms with Gasteiger partial charge < -0.3 is 5.32 Å². The molecule has 2 aromatic rings. The molecule has 0 aliphatic heterocycles. The fourth-order valence-corrected chi connectivity index (χ4v) is 2.41. The first-order chi connectivity index (χ1) is 8.56. The number of thiazole rings is 1. The molecule has 1 N–H and O–H groups in total. The van der Waals surface area contributed by atoms with E-state index in [2.05, 4.69) is 29.5 Å². The molecule has 0 saturated carbocycles. The molecule has 0 bridgehead atoms. The number of aromatic nitrogens is 1. The summed E-state index contributed by atoms with van der Waals surface area (Å²) in [6.45, 7) is 5.82. The Hall–Kier alpha value is -1.68. The van der Waals surface area contributed by atoms with Gasteiger partial charge in [-0.3, -0.25) is 4.79 Å². The van der Waals surface area contributed by atoms with E-state index in [1.54, 1.807) is 18.3 Å². The van der Waals surface area contributed by atoms with Gasteiger partial charge in [-0.15, -0.1) is 11.3 Å². The van der Waals surface area contributed by atoms with Gasteiger partial charge in [0.25, 0.3) is 0 Å². The molecule has 0 radical (unpaired) electrons. The van der Waals surface area contributed by atoms with Crippen LogP contribution in [0.15, 0.2) is 29.6 Å². The standard InChI is InChI=1S/C14H16N2OS/c1-9(2)13-8-18-14(16-13)15-12-6-4-11(5-7-12)10(3)17/h4-9H,1-3H3,(H,15,16). The molecule has 4 heteroatoms. The van der Waals surface area contributed by atoms with Crippen molar-refractivity contribution in [2.75, 3.05) is 5.32 Å². The summed E-state index contributed by atoms with van der Waals surface area (Å²) in [6, 6.07) is 7.43. The molecule has 0 aliphatic carbocycles. The van der Waals surface area contributed by atoms with Crippen molar-refractivity contribution in [1.29, 1.82) is 0 Å². The quantitative estimate of drug-likeness (QED) is 0.837. The van der Waals surface area contributed by atoms with E-state index in [0.29, 0.717) is 5.92 Å². The number of nitrogens with one attached hydrogen (secondary N) is 1. The van der Waals surface area contributed by atoms with Crippen LogP contribution in [0.3, 0.4) is 0 Å². The van der Waals surface area contributed by atoms with Crippen molar-refractivity contribution >= 4 is 27.9 Å². The minimum atomic E-state index is 0.0814. The van der Waals surface area contributed by atoms with Crippen molar-refractivity contribution in [1.82, 2.24) is 4.98 Å². The first-order valence-electron chi connectivity index (χ1n) is 5.89. The van der Waals surface area contributed by atoms with Crippen LogP contribution in [0.5, 0.6) is 0 Å². The second-order valence-electron chi connectivity index (χ2n) is 4.49. The van der Waals surface area contributed by atoms with E-state index < -0.39 is 0 Å². The molecule has 0 fully saturated rings. The molecule has 1 aromatic heterocycles. The minimum Gasteiger partial charge on any atom is -0.332 e. The second-order valence-corrected chi connectivity index (χ2v) is 5.35. The van der Waals surface area contributed by atoms with Crippen LogP contribution in [0.4, 0.5) is 10.8 Å². The van der Waals surface area contributed by atoms with Crippen molar-refractivity contribution < 1.29 is 4.79 Å². The summed E-state index contributed by atoms with van der Waals surface area (Å²) < 4.78 is 0. The van der Waals surface area contributed by atoms with Crippen molar-refractivity contribution in [2.24, 2.45) is 0 Å². The number of carbonyl (C=O) groups excluding carboxylic acids is 1. The lowest BCUT2D eigenvalue weighted by Gasteiger charge is -2.03. The molecule has 0 spiro atoms. The van der Waals surface area contributed by atoms with E-state index in [9.17, 15) is 4.79 Å². The third kappa shape index (κ3) is 2.96. The predicted molar refractivity (Wildman–Crippen MR) is 75.9 cm³/mol. The number of nitrogens with zero attached hydrogens (tertiary/aromatic N) is 1.